The number of benzene rings is 2. The molecule has 0 radical (unpaired) electrons. The molecule has 0 aliphatic carbocycles. The van der Waals surface area contributed by atoms with Crippen LogP contribution >= 0.6 is 15.9 Å². The molecule has 0 saturated heterocycles. The van der Waals surface area contributed by atoms with Crippen molar-refractivity contribution in [3.8, 4) is 22.6 Å². The highest BCUT2D eigenvalue weighted by Gasteiger charge is 2.17. The first-order valence-corrected chi connectivity index (χ1v) is 6.88. The maximum absolute atomic E-state index is 12.6. The third kappa shape index (κ3) is 3.28. The maximum atomic E-state index is 12.6. The Morgan fingerprint density at radius 1 is 1.05 bits per heavy atom. The van der Waals surface area contributed by atoms with Gasteiger partial charge in [-0.3, -0.25) is 0 Å². The van der Waals surface area contributed by atoms with Gasteiger partial charge in [0, 0.05) is 11.1 Å². The van der Waals surface area contributed by atoms with E-state index in [1.807, 2.05) is 25.1 Å². The Morgan fingerprint density at radius 3 is 2.45 bits per heavy atom. The van der Waals surface area contributed by atoms with Gasteiger partial charge in [-0.25, -0.2) is 0 Å². The van der Waals surface area contributed by atoms with Gasteiger partial charge in [0.15, 0.2) is 0 Å². The van der Waals surface area contributed by atoms with E-state index in [0.717, 1.165) is 0 Å². The fraction of sp³-hybridized carbons (Fsp3) is 0.200. The van der Waals surface area contributed by atoms with Crippen molar-refractivity contribution in [3.63, 3.8) is 0 Å². The Bertz CT molecular complexity index is 588. The molecule has 2 aromatic carbocycles. The van der Waals surface area contributed by atoms with Crippen LogP contribution in [0, 0.1) is 0 Å². The van der Waals surface area contributed by atoms with Crippen LogP contribution in [0.5, 0.6) is 11.5 Å². The molecule has 0 unspecified atom stereocenters. The Labute approximate surface area is 124 Å². The summed E-state index contributed by atoms with van der Waals surface area (Å²) in [6.07, 6.45) is 0. The summed E-state index contributed by atoms with van der Waals surface area (Å²) in [5, 5.41) is 0. The first kappa shape index (κ1) is 14.8. The van der Waals surface area contributed by atoms with Gasteiger partial charge in [-0.2, -0.15) is 8.78 Å². The molecule has 5 heteroatoms. The lowest BCUT2D eigenvalue weighted by molar-refractivity contribution is -0.0499. The molecule has 2 rings (SSSR count). The topological polar surface area (TPSA) is 18.5 Å². The van der Waals surface area contributed by atoms with Gasteiger partial charge in [0.05, 0.1) is 11.1 Å². The van der Waals surface area contributed by atoms with Gasteiger partial charge < -0.3 is 9.47 Å². The molecule has 0 spiro atoms. The highest BCUT2D eigenvalue weighted by Crippen LogP contribution is 2.41. The zero-order valence-corrected chi connectivity index (χ0v) is 12.4. The predicted molar refractivity (Wildman–Crippen MR) is 77.4 cm³/mol. The minimum atomic E-state index is -2.88. The number of ether oxygens (including phenoxy) is 2. The normalized spacial score (nSPS) is 10.7. The lowest BCUT2D eigenvalue weighted by atomic mass is 10.0. The molecule has 2 nitrogen and oxygen atoms in total. The van der Waals surface area contributed by atoms with Crippen molar-refractivity contribution in [1.29, 1.82) is 0 Å². The van der Waals surface area contributed by atoms with E-state index in [2.05, 4.69) is 20.7 Å². The van der Waals surface area contributed by atoms with Gasteiger partial charge in [0.2, 0.25) is 0 Å². The zero-order chi connectivity index (χ0) is 14.5. The average Bonchev–Trinajstić information content (AvgIpc) is 2.42. The fourth-order valence-corrected chi connectivity index (χ4v) is 2.36. The molecule has 0 fully saturated rings. The number of rotatable bonds is 5. The molecule has 0 bridgehead atoms. The molecule has 0 N–H and O–H groups in total. The van der Waals surface area contributed by atoms with Gasteiger partial charge in [0.25, 0.3) is 0 Å². The Kier molecular flexibility index (Phi) is 4.95. The van der Waals surface area contributed by atoms with E-state index in [4.69, 9.17) is 4.74 Å². The van der Waals surface area contributed by atoms with Crippen LogP contribution in [-0.4, -0.2) is 13.2 Å². The molecule has 0 aromatic heterocycles. The minimum Gasteiger partial charge on any atom is -0.493 e. The van der Waals surface area contributed by atoms with Crippen LogP contribution in [0.4, 0.5) is 8.78 Å². The molecule has 0 aliphatic heterocycles. The summed E-state index contributed by atoms with van der Waals surface area (Å²) in [5.41, 5.74) is 1.27. The van der Waals surface area contributed by atoms with E-state index >= 15 is 0 Å². The van der Waals surface area contributed by atoms with Crippen LogP contribution in [0.15, 0.2) is 46.9 Å². The van der Waals surface area contributed by atoms with Gasteiger partial charge in [-0.1, -0.05) is 30.3 Å². The highest BCUT2D eigenvalue weighted by atomic mass is 79.9. The van der Waals surface area contributed by atoms with Gasteiger partial charge in [0.1, 0.15) is 11.5 Å². The molecular weight excluding hydrogens is 330 g/mol. The van der Waals surface area contributed by atoms with Crippen LogP contribution in [0.3, 0.4) is 0 Å². The van der Waals surface area contributed by atoms with E-state index in [9.17, 15) is 8.78 Å². The summed E-state index contributed by atoms with van der Waals surface area (Å²) in [7, 11) is 0. The quantitative estimate of drug-likeness (QED) is 0.751. The monoisotopic (exact) mass is 342 g/mol. The summed E-state index contributed by atoms with van der Waals surface area (Å²) in [4.78, 5) is 0. The standard InChI is InChI=1S/C15H13BrF2O2/c1-2-19-13-9-4-3-6-10(13)11-7-5-8-12(16)14(11)20-15(17)18/h3-9,15H,2H2,1H3. The maximum Gasteiger partial charge on any atom is 0.387 e. The van der Waals surface area contributed by atoms with Crippen molar-refractivity contribution in [2.45, 2.75) is 13.5 Å². The largest absolute Gasteiger partial charge is 0.493 e. The van der Waals surface area contributed by atoms with Crippen molar-refractivity contribution in [3.05, 3.63) is 46.9 Å². The average molecular weight is 343 g/mol. The summed E-state index contributed by atoms with van der Waals surface area (Å²) in [5.74, 6) is 0.738. The van der Waals surface area contributed by atoms with Crippen LogP contribution in [0.1, 0.15) is 6.92 Å². The smallest absolute Gasteiger partial charge is 0.387 e. The molecular formula is C15H13BrF2O2. The lowest BCUT2D eigenvalue weighted by Gasteiger charge is -2.15. The molecule has 0 heterocycles. The third-order valence-corrected chi connectivity index (χ3v) is 3.28. The Balaban J connectivity index is 2.55. The van der Waals surface area contributed by atoms with Crippen LogP contribution in [0.25, 0.3) is 11.1 Å². The predicted octanol–water partition coefficient (Wildman–Crippen LogP) is 5.12. The van der Waals surface area contributed by atoms with E-state index in [-0.39, 0.29) is 5.75 Å². The van der Waals surface area contributed by atoms with Crippen LogP contribution < -0.4 is 9.47 Å². The van der Waals surface area contributed by atoms with Crippen LogP contribution in [-0.2, 0) is 0 Å². The highest BCUT2D eigenvalue weighted by molar-refractivity contribution is 9.10. The lowest BCUT2D eigenvalue weighted by Crippen LogP contribution is -2.04. The second-order valence-electron chi connectivity index (χ2n) is 3.92. The Morgan fingerprint density at radius 2 is 1.75 bits per heavy atom. The molecule has 0 amide bonds. The first-order chi connectivity index (χ1) is 9.63. The van der Waals surface area contributed by atoms with Crippen molar-refractivity contribution in [2.24, 2.45) is 0 Å². The van der Waals surface area contributed by atoms with E-state index in [0.29, 0.717) is 28.0 Å². The summed E-state index contributed by atoms with van der Waals surface area (Å²) in [6.45, 7) is -0.517. The third-order valence-electron chi connectivity index (χ3n) is 2.65. The number of hydrogen-bond donors (Lipinski definition) is 0. The number of para-hydroxylation sites is 2. The zero-order valence-electron chi connectivity index (χ0n) is 10.8. The second-order valence-corrected chi connectivity index (χ2v) is 4.78. The molecule has 0 aliphatic rings. The Hall–Kier alpha value is -1.62. The van der Waals surface area contributed by atoms with Crippen molar-refractivity contribution in [1.82, 2.24) is 0 Å². The molecule has 2 aromatic rings. The van der Waals surface area contributed by atoms with E-state index in [1.54, 1.807) is 24.3 Å². The van der Waals surface area contributed by atoms with E-state index in [1.165, 1.54) is 0 Å². The van der Waals surface area contributed by atoms with Crippen molar-refractivity contribution >= 4 is 15.9 Å². The van der Waals surface area contributed by atoms with Gasteiger partial charge >= 0.3 is 6.61 Å². The SMILES string of the molecule is CCOc1ccccc1-c1cccc(Br)c1OC(F)F. The fourth-order valence-electron chi connectivity index (χ4n) is 1.90. The molecule has 20 heavy (non-hydrogen) atoms. The van der Waals surface area contributed by atoms with Gasteiger partial charge in [-0.15, -0.1) is 0 Å². The van der Waals surface area contributed by atoms with Crippen LogP contribution in [0.2, 0.25) is 0 Å². The minimum absolute atomic E-state index is 0.106. The summed E-state index contributed by atoms with van der Waals surface area (Å²) >= 11 is 3.24. The van der Waals surface area contributed by atoms with E-state index < -0.39 is 6.61 Å². The van der Waals surface area contributed by atoms with Crippen molar-refractivity contribution < 1.29 is 18.3 Å². The number of hydrogen-bond acceptors (Lipinski definition) is 2. The summed E-state index contributed by atoms with van der Waals surface area (Å²) in [6, 6.07) is 12.4. The second kappa shape index (κ2) is 6.70. The van der Waals surface area contributed by atoms with Gasteiger partial charge in [-0.05, 0) is 35.0 Å². The number of halogens is 3. The number of alkyl halides is 2. The molecule has 0 saturated carbocycles. The van der Waals surface area contributed by atoms with Crippen molar-refractivity contribution in [2.75, 3.05) is 6.61 Å². The molecule has 106 valence electrons. The molecule has 0 atom stereocenters. The summed E-state index contributed by atoms with van der Waals surface area (Å²) < 4.78 is 35.8. The first-order valence-electron chi connectivity index (χ1n) is 6.09.